The number of hydrogen-bond acceptors (Lipinski definition) is 5. The molecule has 0 saturated heterocycles. The van der Waals surface area contributed by atoms with E-state index in [9.17, 15) is 0 Å². The van der Waals surface area contributed by atoms with Crippen LogP contribution in [0.2, 0.25) is 0 Å². The quantitative estimate of drug-likeness (QED) is 0.574. The highest BCUT2D eigenvalue weighted by molar-refractivity contribution is 5.78. The fourth-order valence-electron chi connectivity index (χ4n) is 2.42. The van der Waals surface area contributed by atoms with Gasteiger partial charge in [0, 0.05) is 17.0 Å². The van der Waals surface area contributed by atoms with Crippen LogP contribution in [0, 0.1) is 0 Å². The van der Waals surface area contributed by atoms with Gasteiger partial charge in [0.25, 0.3) is 5.89 Å². The molecule has 1 atom stereocenters. The molecule has 4 rings (SSSR count). The number of nitrogens with zero attached hydrogens (tertiary/aromatic N) is 3. The molecule has 2 aromatic heterocycles. The van der Waals surface area contributed by atoms with E-state index >= 15 is 0 Å². The van der Waals surface area contributed by atoms with E-state index in [4.69, 9.17) is 9.15 Å². The molecule has 2 heterocycles. The summed E-state index contributed by atoms with van der Waals surface area (Å²) in [5, 5.41) is 8.79. The summed E-state index contributed by atoms with van der Waals surface area (Å²) in [6, 6.07) is 21.5. The molecule has 0 N–H and O–H groups in total. The normalized spacial score (nSPS) is 12.2. The number of para-hydroxylation sites is 1. The minimum absolute atomic E-state index is 0.395. The first-order valence-electron chi connectivity index (χ1n) is 7.23. The molecule has 112 valence electrons. The summed E-state index contributed by atoms with van der Waals surface area (Å²) in [6.45, 7) is 0. The Morgan fingerprint density at radius 1 is 0.870 bits per heavy atom. The fraction of sp³-hybridized carbons (Fsp3) is 0.0556. The van der Waals surface area contributed by atoms with Gasteiger partial charge in [0.2, 0.25) is 18.4 Å². The molecule has 0 bridgehead atoms. The number of hydrogen-bond donors (Lipinski definition) is 0. The maximum atomic E-state index is 6.05. The van der Waals surface area contributed by atoms with Gasteiger partial charge in [0.1, 0.15) is 0 Å². The van der Waals surface area contributed by atoms with Crippen LogP contribution in [0.5, 0.6) is 5.88 Å². The molecular weight excluding hydrogens is 290 g/mol. The van der Waals surface area contributed by atoms with Gasteiger partial charge < -0.3 is 9.15 Å². The Balaban J connectivity index is 1.72. The largest absolute Gasteiger partial charge is 0.459 e. The topological polar surface area (TPSA) is 61.0 Å². The molecule has 23 heavy (non-hydrogen) atoms. The Hall–Kier alpha value is -3.21. The average Bonchev–Trinajstić information content (AvgIpc) is 3.14. The third-order valence-corrected chi connectivity index (χ3v) is 3.51. The van der Waals surface area contributed by atoms with Gasteiger partial charge in [-0.3, -0.25) is 0 Å². The third kappa shape index (κ3) is 2.76. The molecule has 0 aliphatic rings. The molecule has 0 fully saturated rings. The van der Waals surface area contributed by atoms with Crippen LogP contribution in [0.1, 0.15) is 17.6 Å². The second-order valence-corrected chi connectivity index (χ2v) is 5.03. The van der Waals surface area contributed by atoms with Crippen molar-refractivity contribution in [3.05, 3.63) is 84.6 Å². The Kier molecular flexibility index (Phi) is 3.44. The molecule has 0 radical (unpaired) electrons. The zero-order valence-electron chi connectivity index (χ0n) is 12.2. The highest BCUT2D eigenvalue weighted by Crippen LogP contribution is 2.27. The van der Waals surface area contributed by atoms with Gasteiger partial charge in [-0.1, -0.05) is 48.5 Å². The maximum absolute atomic E-state index is 6.05. The van der Waals surface area contributed by atoms with Crippen molar-refractivity contribution >= 4 is 10.9 Å². The molecule has 0 aliphatic heterocycles. The lowest BCUT2D eigenvalue weighted by molar-refractivity contribution is 0.200. The number of pyridine rings is 1. The van der Waals surface area contributed by atoms with Gasteiger partial charge in [0.15, 0.2) is 0 Å². The van der Waals surface area contributed by atoms with Gasteiger partial charge in [-0.05, 0) is 12.1 Å². The van der Waals surface area contributed by atoms with Crippen LogP contribution in [0.4, 0.5) is 0 Å². The van der Waals surface area contributed by atoms with Crippen LogP contribution in [0.25, 0.3) is 10.9 Å². The van der Waals surface area contributed by atoms with Crippen molar-refractivity contribution < 1.29 is 9.15 Å². The first-order chi connectivity index (χ1) is 11.4. The molecule has 1 unspecified atom stereocenters. The molecular formula is C18H13N3O2. The predicted octanol–water partition coefficient (Wildman–Crippen LogP) is 3.79. The first-order valence-corrected chi connectivity index (χ1v) is 7.23. The number of aromatic nitrogens is 3. The summed E-state index contributed by atoms with van der Waals surface area (Å²) in [4.78, 5) is 4.54. The summed E-state index contributed by atoms with van der Waals surface area (Å²) in [5.74, 6) is 0.905. The minimum atomic E-state index is -0.493. The van der Waals surface area contributed by atoms with Crippen LogP contribution < -0.4 is 4.74 Å². The first kappa shape index (κ1) is 13.5. The SMILES string of the molecule is c1ccc(C(Oc2ccc3ccccc3n2)c2nnco2)cc1. The van der Waals surface area contributed by atoms with Crippen molar-refractivity contribution in [2.24, 2.45) is 0 Å². The lowest BCUT2D eigenvalue weighted by atomic mass is 10.1. The van der Waals surface area contributed by atoms with E-state index in [1.165, 1.54) is 6.39 Å². The summed E-state index contributed by atoms with van der Waals surface area (Å²) >= 11 is 0. The summed E-state index contributed by atoms with van der Waals surface area (Å²) in [6.07, 6.45) is 0.801. The second-order valence-electron chi connectivity index (χ2n) is 5.03. The lowest BCUT2D eigenvalue weighted by Crippen LogP contribution is -2.10. The van der Waals surface area contributed by atoms with Gasteiger partial charge in [-0.25, -0.2) is 4.98 Å². The highest BCUT2D eigenvalue weighted by atomic mass is 16.5. The lowest BCUT2D eigenvalue weighted by Gasteiger charge is -2.15. The Morgan fingerprint density at radius 2 is 1.70 bits per heavy atom. The van der Waals surface area contributed by atoms with Gasteiger partial charge in [-0.15, -0.1) is 10.2 Å². The van der Waals surface area contributed by atoms with E-state index in [-0.39, 0.29) is 0 Å². The number of ether oxygens (including phenoxy) is 1. The van der Waals surface area contributed by atoms with Gasteiger partial charge in [-0.2, -0.15) is 0 Å². The van der Waals surface area contributed by atoms with Crippen molar-refractivity contribution in [1.29, 1.82) is 0 Å². The summed E-state index contributed by atoms with van der Waals surface area (Å²) < 4.78 is 11.4. The van der Waals surface area contributed by atoms with E-state index in [2.05, 4.69) is 15.2 Å². The Labute approximate surface area is 132 Å². The van der Waals surface area contributed by atoms with Crippen LogP contribution in [0.15, 0.2) is 77.5 Å². The smallest absolute Gasteiger partial charge is 0.261 e. The van der Waals surface area contributed by atoms with E-state index in [1.54, 1.807) is 0 Å². The Morgan fingerprint density at radius 3 is 2.52 bits per heavy atom. The van der Waals surface area contributed by atoms with E-state index in [1.807, 2.05) is 66.7 Å². The number of rotatable bonds is 4. The van der Waals surface area contributed by atoms with Crippen molar-refractivity contribution in [2.45, 2.75) is 6.10 Å². The molecule has 5 heteroatoms. The van der Waals surface area contributed by atoms with Crippen molar-refractivity contribution in [2.75, 3.05) is 0 Å². The zero-order valence-corrected chi connectivity index (χ0v) is 12.2. The second kappa shape index (κ2) is 5.88. The van der Waals surface area contributed by atoms with Crippen LogP contribution in [0.3, 0.4) is 0 Å². The fourth-order valence-corrected chi connectivity index (χ4v) is 2.42. The minimum Gasteiger partial charge on any atom is -0.459 e. The van der Waals surface area contributed by atoms with E-state index < -0.39 is 6.10 Å². The molecule has 0 saturated carbocycles. The molecule has 4 aromatic rings. The summed E-state index contributed by atoms with van der Waals surface area (Å²) in [5.41, 5.74) is 1.80. The van der Waals surface area contributed by atoms with Gasteiger partial charge >= 0.3 is 0 Å². The Bertz CT molecular complexity index is 908. The standard InChI is InChI=1S/C18H13N3O2/c1-2-7-14(8-3-1)17(18-21-19-12-22-18)23-16-11-10-13-6-4-5-9-15(13)20-16/h1-12,17H. The average molecular weight is 303 g/mol. The van der Waals surface area contributed by atoms with Crippen molar-refractivity contribution in [1.82, 2.24) is 15.2 Å². The zero-order chi connectivity index (χ0) is 15.5. The van der Waals surface area contributed by atoms with Gasteiger partial charge in [0.05, 0.1) is 5.52 Å². The molecule has 2 aromatic carbocycles. The molecule has 5 nitrogen and oxygen atoms in total. The molecule has 0 aliphatic carbocycles. The molecule has 0 spiro atoms. The highest BCUT2D eigenvalue weighted by Gasteiger charge is 2.21. The molecule has 0 amide bonds. The van der Waals surface area contributed by atoms with E-state index in [0.717, 1.165) is 16.5 Å². The van der Waals surface area contributed by atoms with Crippen LogP contribution >= 0.6 is 0 Å². The monoisotopic (exact) mass is 303 g/mol. The van der Waals surface area contributed by atoms with Crippen LogP contribution in [-0.2, 0) is 0 Å². The van der Waals surface area contributed by atoms with Crippen LogP contribution in [-0.4, -0.2) is 15.2 Å². The number of benzene rings is 2. The number of fused-ring (bicyclic) bond motifs is 1. The summed E-state index contributed by atoms with van der Waals surface area (Å²) in [7, 11) is 0. The van der Waals surface area contributed by atoms with Crippen molar-refractivity contribution in [3.63, 3.8) is 0 Å². The maximum Gasteiger partial charge on any atom is 0.261 e. The van der Waals surface area contributed by atoms with Crippen molar-refractivity contribution in [3.8, 4) is 5.88 Å². The van der Waals surface area contributed by atoms with E-state index in [0.29, 0.717) is 11.8 Å². The third-order valence-electron chi connectivity index (χ3n) is 3.51. The predicted molar refractivity (Wildman–Crippen MR) is 85.0 cm³/mol.